The molecule has 0 saturated carbocycles. The predicted molar refractivity (Wildman–Crippen MR) is 97.6 cm³/mol. The monoisotopic (exact) mass is 346 g/mol. The summed E-state index contributed by atoms with van der Waals surface area (Å²) in [6.07, 6.45) is 2.65. The number of anilines is 3. The third kappa shape index (κ3) is 3.47. The largest absolute Gasteiger partial charge is 0.377 e. The van der Waals surface area contributed by atoms with E-state index in [1.54, 1.807) is 0 Å². The number of rotatable bonds is 6. The average molecular weight is 346 g/mol. The van der Waals surface area contributed by atoms with E-state index in [-0.39, 0.29) is 34.6 Å². The Balaban J connectivity index is 2.36. The highest BCUT2D eigenvalue weighted by atomic mass is 16.2. The molecule has 1 aromatic heterocycles. The van der Waals surface area contributed by atoms with Gasteiger partial charge in [-0.2, -0.15) is 0 Å². The lowest BCUT2D eigenvalue weighted by Gasteiger charge is -2.22. The van der Waals surface area contributed by atoms with E-state index in [1.165, 1.54) is 31.4 Å². The smallest absolute Gasteiger partial charge is 0.258 e. The second kappa shape index (κ2) is 6.92. The van der Waals surface area contributed by atoms with E-state index < -0.39 is 22.2 Å². The second-order valence-corrected chi connectivity index (χ2v) is 6.52. The zero-order valence-electron chi connectivity index (χ0n) is 14.9. The molecule has 1 heterocycles. The van der Waals surface area contributed by atoms with E-state index in [9.17, 15) is 19.2 Å². The minimum Gasteiger partial charge on any atom is -0.377 e. The summed E-state index contributed by atoms with van der Waals surface area (Å²) in [5.41, 5.74) is -1.69. The van der Waals surface area contributed by atoms with Gasteiger partial charge in [0.05, 0.1) is 0 Å². The molecule has 0 aliphatic heterocycles. The fraction of sp³-hybridized carbons (Fsp3) is 0.412. The number of carbonyl (C=O) groups is 1. The molecule has 1 aromatic carbocycles. The van der Waals surface area contributed by atoms with Crippen molar-refractivity contribution >= 4 is 23.0 Å². The SMILES string of the molecule is CC(C)[C@H](C)Nc1c(Nc2c[nH]cc(C(=O)N(C)C)c2=O)c(=O)c1=O. The molecule has 1 atom stereocenters. The highest BCUT2D eigenvalue weighted by molar-refractivity contribution is 5.94. The van der Waals surface area contributed by atoms with Crippen molar-refractivity contribution in [1.29, 1.82) is 0 Å². The Bertz CT molecular complexity index is 920. The summed E-state index contributed by atoms with van der Waals surface area (Å²) in [6.45, 7) is 5.86. The number of aromatic amines is 1. The van der Waals surface area contributed by atoms with Gasteiger partial charge in [0, 0.05) is 32.5 Å². The minimum atomic E-state index is -0.692. The van der Waals surface area contributed by atoms with Gasteiger partial charge in [0.15, 0.2) is 0 Å². The number of nitrogens with one attached hydrogen (secondary N) is 3. The van der Waals surface area contributed by atoms with E-state index in [4.69, 9.17) is 0 Å². The van der Waals surface area contributed by atoms with Crippen LogP contribution in [-0.2, 0) is 0 Å². The maximum atomic E-state index is 12.4. The fourth-order valence-corrected chi connectivity index (χ4v) is 2.15. The summed E-state index contributed by atoms with van der Waals surface area (Å²) < 4.78 is 0. The van der Waals surface area contributed by atoms with Crippen LogP contribution in [0, 0.1) is 5.92 Å². The average Bonchev–Trinajstić information content (AvgIpc) is 2.57. The number of hydrogen-bond donors (Lipinski definition) is 3. The number of nitrogens with zero attached hydrogens (tertiary/aromatic N) is 1. The molecule has 25 heavy (non-hydrogen) atoms. The van der Waals surface area contributed by atoms with Gasteiger partial charge in [-0.3, -0.25) is 19.2 Å². The van der Waals surface area contributed by atoms with Crippen LogP contribution in [0.1, 0.15) is 31.1 Å². The van der Waals surface area contributed by atoms with Crippen molar-refractivity contribution in [2.24, 2.45) is 5.92 Å². The molecule has 2 aromatic rings. The zero-order valence-corrected chi connectivity index (χ0v) is 14.9. The van der Waals surface area contributed by atoms with Crippen molar-refractivity contribution in [2.75, 3.05) is 24.7 Å². The van der Waals surface area contributed by atoms with E-state index >= 15 is 0 Å². The highest BCUT2D eigenvalue weighted by Gasteiger charge is 2.24. The first-order valence-corrected chi connectivity index (χ1v) is 7.94. The van der Waals surface area contributed by atoms with Crippen LogP contribution in [0.25, 0.3) is 0 Å². The van der Waals surface area contributed by atoms with Crippen molar-refractivity contribution in [3.63, 3.8) is 0 Å². The summed E-state index contributed by atoms with van der Waals surface area (Å²) in [7, 11) is 3.07. The lowest BCUT2D eigenvalue weighted by molar-refractivity contribution is 0.0826. The van der Waals surface area contributed by atoms with E-state index in [0.29, 0.717) is 0 Å². The summed E-state index contributed by atoms with van der Waals surface area (Å²) in [5, 5.41) is 5.69. The molecule has 8 heteroatoms. The molecule has 0 saturated heterocycles. The number of hydrogen-bond acceptors (Lipinski definition) is 6. The molecule has 0 unspecified atom stereocenters. The van der Waals surface area contributed by atoms with Gasteiger partial charge < -0.3 is 20.5 Å². The van der Waals surface area contributed by atoms with E-state index in [2.05, 4.69) is 15.6 Å². The molecule has 1 amide bonds. The normalized spacial score (nSPS) is 12.2. The summed E-state index contributed by atoms with van der Waals surface area (Å²) in [4.78, 5) is 52.1. The van der Waals surface area contributed by atoms with Crippen LogP contribution >= 0.6 is 0 Å². The standard InChI is InChI=1S/C17H22N4O4/c1-8(2)9(3)19-12-13(16(24)15(12)23)20-11-7-18-6-10(14(11)22)17(25)21(4)5/h6-9,19-20H,1-5H3,(H,18,22)/t9-/m0/s1. The number of aromatic nitrogens is 1. The van der Waals surface area contributed by atoms with Crippen molar-refractivity contribution in [3.8, 4) is 0 Å². The zero-order chi connectivity index (χ0) is 18.9. The number of H-pyrrole nitrogens is 1. The van der Waals surface area contributed by atoms with Gasteiger partial charge in [0.1, 0.15) is 22.6 Å². The highest BCUT2D eigenvalue weighted by Crippen LogP contribution is 2.20. The summed E-state index contributed by atoms with van der Waals surface area (Å²) in [6, 6.07) is -0.0243. The van der Waals surface area contributed by atoms with Gasteiger partial charge in [0.25, 0.3) is 16.8 Å². The van der Waals surface area contributed by atoms with Crippen molar-refractivity contribution in [2.45, 2.75) is 26.8 Å². The molecular weight excluding hydrogens is 324 g/mol. The van der Waals surface area contributed by atoms with Crippen molar-refractivity contribution in [3.05, 3.63) is 48.6 Å². The van der Waals surface area contributed by atoms with Crippen molar-refractivity contribution in [1.82, 2.24) is 9.88 Å². The molecule has 2 rings (SSSR count). The molecule has 0 aliphatic rings. The van der Waals surface area contributed by atoms with Gasteiger partial charge in [-0.1, -0.05) is 13.8 Å². The maximum absolute atomic E-state index is 12.4. The van der Waals surface area contributed by atoms with Crippen LogP contribution in [-0.4, -0.2) is 35.9 Å². The third-order valence-electron chi connectivity index (χ3n) is 4.12. The minimum absolute atomic E-state index is 0.0243. The number of carbonyl (C=O) groups excluding carboxylic acids is 1. The molecule has 0 fully saturated rings. The summed E-state index contributed by atoms with van der Waals surface area (Å²) >= 11 is 0. The molecule has 0 aliphatic carbocycles. The molecule has 0 spiro atoms. The van der Waals surface area contributed by atoms with Gasteiger partial charge in [-0.05, 0) is 12.8 Å². The Kier molecular flexibility index (Phi) is 5.10. The first-order valence-electron chi connectivity index (χ1n) is 7.94. The summed E-state index contributed by atoms with van der Waals surface area (Å²) in [5.74, 6) is -0.205. The Hall–Kier alpha value is -2.90. The molecule has 0 radical (unpaired) electrons. The Morgan fingerprint density at radius 2 is 1.60 bits per heavy atom. The maximum Gasteiger partial charge on any atom is 0.258 e. The van der Waals surface area contributed by atoms with Gasteiger partial charge in [-0.25, -0.2) is 0 Å². The van der Waals surface area contributed by atoms with Crippen LogP contribution in [0.5, 0.6) is 0 Å². The van der Waals surface area contributed by atoms with E-state index in [0.717, 1.165) is 0 Å². The van der Waals surface area contributed by atoms with Gasteiger partial charge in [-0.15, -0.1) is 0 Å². The first kappa shape index (κ1) is 18.4. The van der Waals surface area contributed by atoms with Gasteiger partial charge in [0.2, 0.25) is 5.43 Å². The molecule has 0 bridgehead atoms. The Labute approximate surface area is 144 Å². The van der Waals surface area contributed by atoms with Crippen LogP contribution < -0.4 is 26.9 Å². The lowest BCUT2D eigenvalue weighted by Crippen LogP contribution is -2.40. The lowest BCUT2D eigenvalue weighted by atomic mass is 10.0. The molecule has 134 valence electrons. The number of pyridine rings is 1. The molecular formula is C17H22N4O4. The van der Waals surface area contributed by atoms with Crippen LogP contribution in [0.3, 0.4) is 0 Å². The topological polar surface area (TPSA) is 111 Å². The second-order valence-electron chi connectivity index (χ2n) is 6.52. The molecule has 3 N–H and O–H groups in total. The third-order valence-corrected chi connectivity index (χ3v) is 4.12. The first-order chi connectivity index (χ1) is 11.6. The van der Waals surface area contributed by atoms with Crippen molar-refractivity contribution < 1.29 is 4.79 Å². The predicted octanol–water partition coefficient (Wildman–Crippen LogP) is 0.873. The number of amides is 1. The van der Waals surface area contributed by atoms with E-state index in [1.807, 2.05) is 20.8 Å². The van der Waals surface area contributed by atoms with Crippen LogP contribution in [0.2, 0.25) is 0 Å². The molecule has 8 nitrogen and oxygen atoms in total. The quantitative estimate of drug-likeness (QED) is 0.669. The van der Waals surface area contributed by atoms with Crippen LogP contribution in [0.4, 0.5) is 17.1 Å². The van der Waals surface area contributed by atoms with Crippen LogP contribution in [0.15, 0.2) is 26.8 Å². The van der Waals surface area contributed by atoms with Gasteiger partial charge >= 0.3 is 0 Å². The Morgan fingerprint density at radius 3 is 2.16 bits per heavy atom. The Morgan fingerprint density at radius 1 is 1.00 bits per heavy atom. The fourth-order valence-electron chi connectivity index (χ4n) is 2.15.